The number of carbonyl (C=O) groups is 2. The van der Waals surface area contributed by atoms with Gasteiger partial charge < -0.3 is 4.74 Å². The van der Waals surface area contributed by atoms with Crippen LogP contribution in [-0.2, 0) is 14.3 Å². The van der Waals surface area contributed by atoms with Gasteiger partial charge in [0, 0.05) is 5.92 Å². The van der Waals surface area contributed by atoms with Gasteiger partial charge in [-0.1, -0.05) is 43.2 Å². The molecule has 0 heterocycles. The molecule has 0 amide bonds. The lowest BCUT2D eigenvalue weighted by Crippen LogP contribution is -2.20. The van der Waals surface area contributed by atoms with Gasteiger partial charge in [0.15, 0.2) is 5.78 Å². The van der Waals surface area contributed by atoms with E-state index in [0.717, 1.165) is 31.2 Å². The van der Waals surface area contributed by atoms with Crippen LogP contribution in [0.2, 0.25) is 0 Å². The van der Waals surface area contributed by atoms with Gasteiger partial charge in [0.2, 0.25) is 0 Å². The van der Waals surface area contributed by atoms with Crippen molar-refractivity contribution in [2.45, 2.75) is 25.7 Å². The van der Waals surface area contributed by atoms with Crippen LogP contribution >= 0.6 is 0 Å². The minimum absolute atomic E-state index is 0.0194. The Kier molecular flexibility index (Phi) is 4.50. The summed E-state index contributed by atoms with van der Waals surface area (Å²) in [6, 6.07) is 9.38. The molecule has 1 aliphatic rings. The summed E-state index contributed by atoms with van der Waals surface area (Å²) in [5.74, 6) is -0.636. The van der Waals surface area contributed by atoms with Gasteiger partial charge in [0.05, 0.1) is 7.11 Å². The van der Waals surface area contributed by atoms with Gasteiger partial charge in [-0.15, -0.1) is 0 Å². The molecule has 19 heavy (non-hydrogen) atoms. The van der Waals surface area contributed by atoms with Crippen LogP contribution in [0.5, 0.6) is 0 Å². The van der Waals surface area contributed by atoms with Crippen molar-refractivity contribution in [1.29, 1.82) is 0 Å². The predicted molar refractivity (Wildman–Crippen MR) is 73.4 cm³/mol. The summed E-state index contributed by atoms with van der Waals surface area (Å²) >= 11 is 0. The molecule has 1 aromatic carbocycles. The van der Waals surface area contributed by atoms with E-state index in [-0.39, 0.29) is 17.3 Å². The number of ether oxygens (including phenoxy) is 1. The van der Waals surface area contributed by atoms with E-state index in [1.165, 1.54) is 7.11 Å². The van der Waals surface area contributed by atoms with Crippen LogP contribution in [0.25, 0.3) is 6.08 Å². The summed E-state index contributed by atoms with van der Waals surface area (Å²) < 4.78 is 4.74. The first-order valence-electron chi connectivity index (χ1n) is 6.61. The standard InChI is InChI=1S/C16H18O3/c1-19-16(18)14(11-12-7-3-2-4-8-12)15(17)13-9-5-6-10-13/h2-4,7-8,11,13H,5-6,9-10H2,1H3/b14-11-. The highest BCUT2D eigenvalue weighted by Crippen LogP contribution is 2.28. The molecule has 0 saturated heterocycles. The summed E-state index contributed by atoms with van der Waals surface area (Å²) in [4.78, 5) is 24.2. The van der Waals surface area contributed by atoms with Gasteiger partial charge in [0.25, 0.3) is 0 Å². The third-order valence-corrected chi connectivity index (χ3v) is 3.51. The molecule has 1 fully saturated rings. The molecule has 0 radical (unpaired) electrons. The highest BCUT2D eigenvalue weighted by molar-refractivity contribution is 6.21. The first kappa shape index (κ1) is 13.5. The highest BCUT2D eigenvalue weighted by Gasteiger charge is 2.29. The van der Waals surface area contributed by atoms with E-state index in [0.29, 0.717) is 0 Å². The van der Waals surface area contributed by atoms with E-state index in [9.17, 15) is 9.59 Å². The van der Waals surface area contributed by atoms with Crippen LogP contribution in [0.15, 0.2) is 35.9 Å². The number of ketones is 1. The van der Waals surface area contributed by atoms with Crippen molar-refractivity contribution in [2.75, 3.05) is 7.11 Å². The largest absolute Gasteiger partial charge is 0.465 e. The Morgan fingerprint density at radius 1 is 1.16 bits per heavy atom. The molecule has 3 nitrogen and oxygen atoms in total. The maximum atomic E-state index is 12.4. The van der Waals surface area contributed by atoms with Crippen molar-refractivity contribution in [3.63, 3.8) is 0 Å². The first-order chi connectivity index (χ1) is 9.22. The van der Waals surface area contributed by atoms with Gasteiger partial charge >= 0.3 is 5.97 Å². The molecule has 2 rings (SSSR count). The quantitative estimate of drug-likeness (QED) is 0.361. The smallest absolute Gasteiger partial charge is 0.341 e. The Bertz CT molecular complexity index is 482. The molecule has 0 aromatic heterocycles. The van der Waals surface area contributed by atoms with E-state index < -0.39 is 5.97 Å². The number of esters is 1. The fourth-order valence-corrected chi connectivity index (χ4v) is 2.46. The number of rotatable bonds is 4. The lowest BCUT2D eigenvalue weighted by atomic mass is 9.94. The lowest BCUT2D eigenvalue weighted by Gasteiger charge is -2.10. The van der Waals surface area contributed by atoms with Gasteiger partial charge in [-0.2, -0.15) is 0 Å². The minimum Gasteiger partial charge on any atom is -0.465 e. The van der Waals surface area contributed by atoms with Gasteiger partial charge in [0.1, 0.15) is 5.57 Å². The summed E-state index contributed by atoms with van der Waals surface area (Å²) in [6.07, 6.45) is 5.52. The molecular weight excluding hydrogens is 240 g/mol. The number of benzene rings is 1. The van der Waals surface area contributed by atoms with Crippen molar-refractivity contribution in [3.05, 3.63) is 41.5 Å². The van der Waals surface area contributed by atoms with Crippen LogP contribution in [0.3, 0.4) is 0 Å². The van der Waals surface area contributed by atoms with Crippen LogP contribution in [-0.4, -0.2) is 18.9 Å². The Balaban J connectivity index is 2.28. The van der Waals surface area contributed by atoms with Crippen molar-refractivity contribution >= 4 is 17.8 Å². The van der Waals surface area contributed by atoms with Crippen molar-refractivity contribution in [2.24, 2.45) is 5.92 Å². The second kappa shape index (κ2) is 6.32. The van der Waals surface area contributed by atoms with E-state index in [1.807, 2.05) is 30.3 Å². The Morgan fingerprint density at radius 2 is 1.79 bits per heavy atom. The van der Waals surface area contributed by atoms with E-state index in [1.54, 1.807) is 6.08 Å². The molecule has 3 heteroatoms. The first-order valence-corrected chi connectivity index (χ1v) is 6.61. The fourth-order valence-electron chi connectivity index (χ4n) is 2.46. The summed E-state index contributed by atoms with van der Waals surface area (Å²) in [5.41, 5.74) is 1.01. The van der Waals surface area contributed by atoms with Crippen LogP contribution < -0.4 is 0 Å². The zero-order chi connectivity index (χ0) is 13.7. The number of methoxy groups -OCH3 is 1. The zero-order valence-electron chi connectivity index (χ0n) is 11.1. The zero-order valence-corrected chi connectivity index (χ0v) is 11.1. The molecule has 100 valence electrons. The second-order valence-electron chi connectivity index (χ2n) is 4.81. The summed E-state index contributed by atoms with van der Waals surface area (Å²) in [7, 11) is 1.31. The number of hydrogen-bond acceptors (Lipinski definition) is 3. The second-order valence-corrected chi connectivity index (χ2v) is 4.81. The third kappa shape index (κ3) is 3.31. The maximum absolute atomic E-state index is 12.4. The molecule has 0 aliphatic heterocycles. The maximum Gasteiger partial charge on any atom is 0.341 e. The molecule has 0 unspecified atom stereocenters. The van der Waals surface area contributed by atoms with Crippen molar-refractivity contribution < 1.29 is 14.3 Å². The molecule has 1 aromatic rings. The third-order valence-electron chi connectivity index (χ3n) is 3.51. The van der Waals surface area contributed by atoms with E-state index in [2.05, 4.69) is 0 Å². The molecule has 0 N–H and O–H groups in total. The molecule has 1 saturated carbocycles. The number of hydrogen-bond donors (Lipinski definition) is 0. The minimum atomic E-state index is -0.541. The summed E-state index contributed by atoms with van der Waals surface area (Å²) in [6.45, 7) is 0. The van der Waals surface area contributed by atoms with Gasteiger partial charge in [-0.25, -0.2) is 4.79 Å². The van der Waals surface area contributed by atoms with Crippen LogP contribution in [0, 0.1) is 5.92 Å². The van der Waals surface area contributed by atoms with E-state index in [4.69, 9.17) is 4.74 Å². The average molecular weight is 258 g/mol. The van der Waals surface area contributed by atoms with Crippen molar-refractivity contribution in [1.82, 2.24) is 0 Å². The van der Waals surface area contributed by atoms with Crippen molar-refractivity contribution in [3.8, 4) is 0 Å². The molecular formula is C16H18O3. The Morgan fingerprint density at radius 3 is 2.37 bits per heavy atom. The normalized spacial score (nSPS) is 16.4. The fraction of sp³-hybridized carbons (Fsp3) is 0.375. The monoisotopic (exact) mass is 258 g/mol. The lowest BCUT2D eigenvalue weighted by molar-refractivity contribution is -0.138. The topological polar surface area (TPSA) is 43.4 Å². The van der Waals surface area contributed by atoms with Crippen LogP contribution in [0.4, 0.5) is 0 Å². The number of Topliss-reactive ketones (excluding diaryl/α,β-unsaturated/α-hetero) is 1. The van der Waals surface area contributed by atoms with E-state index >= 15 is 0 Å². The SMILES string of the molecule is COC(=O)/C(=C\c1ccccc1)C(=O)C1CCCC1. The van der Waals surface area contributed by atoms with Gasteiger partial charge in [-0.3, -0.25) is 4.79 Å². The molecule has 0 bridgehead atoms. The molecule has 0 spiro atoms. The highest BCUT2D eigenvalue weighted by atomic mass is 16.5. The predicted octanol–water partition coefficient (Wildman–Crippen LogP) is 3.00. The molecule has 1 aliphatic carbocycles. The molecule has 0 atom stereocenters. The Labute approximate surface area is 113 Å². The van der Waals surface area contributed by atoms with Gasteiger partial charge in [-0.05, 0) is 24.5 Å². The summed E-state index contributed by atoms with van der Waals surface area (Å²) in [5, 5.41) is 0. The average Bonchev–Trinajstić information content (AvgIpc) is 2.98. The van der Waals surface area contributed by atoms with Crippen LogP contribution in [0.1, 0.15) is 31.2 Å². The Hall–Kier alpha value is -1.90. The number of carbonyl (C=O) groups excluding carboxylic acids is 2.